The second-order valence-electron chi connectivity index (χ2n) is 5.24. The van der Waals surface area contributed by atoms with Gasteiger partial charge in [0.2, 0.25) is 0 Å². The first kappa shape index (κ1) is 15.2. The van der Waals surface area contributed by atoms with Gasteiger partial charge >= 0.3 is 0 Å². The molecule has 0 atom stereocenters. The number of nitrogens with zero attached hydrogens (tertiary/aromatic N) is 2. The van der Waals surface area contributed by atoms with Crippen molar-refractivity contribution in [3.63, 3.8) is 0 Å². The van der Waals surface area contributed by atoms with Crippen LogP contribution in [0.5, 0.6) is 5.75 Å². The number of aromatic amines is 1. The van der Waals surface area contributed by atoms with Crippen LogP contribution < -0.4 is 10.1 Å². The Morgan fingerprint density at radius 1 is 1.29 bits per heavy atom. The van der Waals surface area contributed by atoms with Gasteiger partial charge in [0.25, 0.3) is 0 Å². The lowest BCUT2D eigenvalue weighted by molar-refractivity contribution is 0.415. The van der Waals surface area contributed by atoms with Gasteiger partial charge in [-0.2, -0.15) is 0 Å². The first-order chi connectivity index (χ1) is 11.8. The van der Waals surface area contributed by atoms with E-state index < -0.39 is 0 Å². The number of nitrogens with one attached hydrogen (secondary N) is 2. The molecule has 122 valence electrons. The summed E-state index contributed by atoms with van der Waals surface area (Å²) >= 11 is 3.35. The lowest BCUT2D eigenvalue weighted by Crippen LogP contribution is -2.05. The molecular weight excluding hydrogens is 340 g/mol. The smallest absolute Gasteiger partial charge is 0.183 e. The van der Waals surface area contributed by atoms with Gasteiger partial charge in [-0.3, -0.25) is 0 Å². The van der Waals surface area contributed by atoms with Crippen molar-refractivity contribution < 1.29 is 4.74 Å². The molecule has 0 fully saturated rings. The van der Waals surface area contributed by atoms with Crippen LogP contribution >= 0.6 is 22.7 Å². The van der Waals surface area contributed by atoms with Gasteiger partial charge in [-0.25, -0.2) is 9.97 Å². The molecule has 3 aromatic heterocycles. The van der Waals surface area contributed by atoms with E-state index >= 15 is 0 Å². The normalized spacial score (nSPS) is 11.0. The number of rotatable bonds is 6. The van der Waals surface area contributed by atoms with Crippen molar-refractivity contribution in [3.05, 3.63) is 47.7 Å². The van der Waals surface area contributed by atoms with Crippen LogP contribution in [-0.4, -0.2) is 28.6 Å². The zero-order valence-corrected chi connectivity index (χ0v) is 14.7. The second-order valence-corrected chi connectivity index (χ2v) is 7.21. The highest BCUT2D eigenvalue weighted by molar-refractivity contribution is 7.22. The molecule has 0 saturated heterocycles. The van der Waals surface area contributed by atoms with Crippen molar-refractivity contribution in [2.45, 2.75) is 6.42 Å². The van der Waals surface area contributed by atoms with Gasteiger partial charge < -0.3 is 15.0 Å². The van der Waals surface area contributed by atoms with Crippen LogP contribution in [0.2, 0.25) is 0 Å². The van der Waals surface area contributed by atoms with E-state index in [0.29, 0.717) is 0 Å². The minimum absolute atomic E-state index is 0.803. The number of thiophene rings is 1. The van der Waals surface area contributed by atoms with Gasteiger partial charge in [-0.05, 0) is 29.6 Å². The van der Waals surface area contributed by atoms with E-state index in [1.54, 1.807) is 36.1 Å². The molecular formula is C17H16N4OS2. The fourth-order valence-corrected chi connectivity index (χ4v) is 4.21. The molecule has 24 heavy (non-hydrogen) atoms. The van der Waals surface area contributed by atoms with Crippen LogP contribution in [0.15, 0.2) is 42.0 Å². The molecule has 0 unspecified atom stereocenters. The van der Waals surface area contributed by atoms with Gasteiger partial charge in [0.05, 0.1) is 28.5 Å². The van der Waals surface area contributed by atoms with Crippen LogP contribution in [0.4, 0.5) is 5.13 Å². The predicted octanol–water partition coefficient (Wildman–Crippen LogP) is 4.41. The maximum atomic E-state index is 5.26. The molecule has 0 radical (unpaired) electrons. The molecule has 3 heterocycles. The van der Waals surface area contributed by atoms with Crippen molar-refractivity contribution in [3.8, 4) is 16.3 Å². The number of anilines is 1. The number of thiazole rings is 1. The molecule has 0 aliphatic carbocycles. The van der Waals surface area contributed by atoms with E-state index in [2.05, 4.69) is 31.7 Å². The maximum Gasteiger partial charge on any atom is 0.183 e. The monoisotopic (exact) mass is 356 g/mol. The first-order valence-electron chi connectivity index (χ1n) is 7.58. The number of H-pyrrole nitrogens is 1. The summed E-state index contributed by atoms with van der Waals surface area (Å²) in [6, 6.07) is 10.1. The minimum atomic E-state index is 0.803. The molecule has 2 N–H and O–H groups in total. The Morgan fingerprint density at radius 3 is 3.08 bits per heavy atom. The van der Waals surface area contributed by atoms with E-state index in [1.165, 1.54) is 4.88 Å². The average Bonchev–Trinajstić information content (AvgIpc) is 3.33. The van der Waals surface area contributed by atoms with Crippen LogP contribution in [0, 0.1) is 0 Å². The topological polar surface area (TPSA) is 62.8 Å². The molecule has 1 aromatic carbocycles. The number of benzene rings is 1. The van der Waals surface area contributed by atoms with E-state index in [9.17, 15) is 0 Å². The quantitative estimate of drug-likeness (QED) is 0.537. The van der Waals surface area contributed by atoms with Crippen molar-refractivity contribution in [2.24, 2.45) is 0 Å². The van der Waals surface area contributed by atoms with Crippen molar-refractivity contribution >= 4 is 38.0 Å². The van der Waals surface area contributed by atoms with Gasteiger partial charge in [0.1, 0.15) is 11.4 Å². The first-order valence-corrected chi connectivity index (χ1v) is 9.27. The highest BCUT2D eigenvalue weighted by atomic mass is 32.1. The summed E-state index contributed by atoms with van der Waals surface area (Å²) in [7, 11) is 1.68. The lowest BCUT2D eigenvalue weighted by atomic mass is 10.2. The molecule has 5 nitrogen and oxygen atoms in total. The minimum Gasteiger partial charge on any atom is -0.497 e. The Balaban J connectivity index is 1.44. The van der Waals surface area contributed by atoms with Crippen LogP contribution in [0.1, 0.15) is 5.69 Å². The van der Waals surface area contributed by atoms with Crippen LogP contribution in [0.25, 0.3) is 20.8 Å². The number of ether oxygens (including phenoxy) is 1. The Morgan fingerprint density at radius 2 is 2.25 bits per heavy atom. The molecule has 0 saturated carbocycles. The maximum absolute atomic E-state index is 5.26. The predicted molar refractivity (Wildman–Crippen MR) is 100 cm³/mol. The summed E-state index contributed by atoms with van der Waals surface area (Å²) in [5.74, 6) is 0.857. The van der Waals surface area contributed by atoms with Crippen molar-refractivity contribution in [1.82, 2.24) is 15.0 Å². The third kappa shape index (κ3) is 3.00. The molecule has 0 bridgehead atoms. The van der Waals surface area contributed by atoms with E-state index in [1.807, 2.05) is 24.3 Å². The van der Waals surface area contributed by atoms with E-state index in [0.717, 1.165) is 45.5 Å². The molecule has 0 aliphatic heterocycles. The summed E-state index contributed by atoms with van der Waals surface area (Å²) in [5, 5.41) is 6.40. The summed E-state index contributed by atoms with van der Waals surface area (Å²) in [5.41, 5.74) is 3.18. The van der Waals surface area contributed by atoms with Crippen LogP contribution in [-0.2, 0) is 6.42 Å². The Bertz CT molecular complexity index is 943. The van der Waals surface area contributed by atoms with Gasteiger partial charge in [0.15, 0.2) is 5.13 Å². The summed E-state index contributed by atoms with van der Waals surface area (Å²) < 4.78 is 6.38. The van der Waals surface area contributed by atoms with E-state index in [4.69, 9.17) is 4.74 Å². The third-order valence-corrected chi connectivity index (χ3v) is 5.57. The van der Waals surface area contributed by atoms with Gasteiger partial charge in [0, 0.05) is 18.7 Å². The Kier molecular flexibility index (Phi) is 4.18. The zero-order valence-electron chi connectivity index (χ0n) is 13.1. The van der Waals surface area contributed by atoms with Crippen LogP contribution in [0.3, 0.4) is 0 Å². The summed E-state index contributed by atoms with van der Waals surface area (Å²) in [6.07, 6.45) is 2.63. The SMILES string of the molecule is COc1ccc2nc(NCCc3[nH]cnc3-c3cccs3)sc2c1. The third-order valence-electron chi connectivity index (χ3n) is 3.72. The van der Waals surface area contributed by atoms with Crippen molar-refractivity contribution in [1.29, 1.82) is 0 Å². The molecule has 7 heteroatoms. The largest absolute Gasteiger partial charge is 0.497 e. The lowest BCUT2D eigenvalue weighted by Gasteiger charge is -2.02. The van der Waals surface area contributed by atoms with Gasteiger partial charge in [-0.1, -0.05) is 17.4 Å². The number of imidazole rings is 1. The number of methoxy groups -OCH3 is 1. The summed E-state index contributed by atoms with van der Waals surface area (Å²) in [6.45, 7) is 0.803. The fourth-order valence-electron chi connectivity index (χ4n) is 2.54. The fraction of sp³-hybridized carbons (Fsp3) is 0.176. The average molecular weight is 356 g/mol. The number of hydrogen-bond acceptors (Lipinski definition) is 6. The highest BCUT2D eigenvalue weighted by Gasteiger charge is 2.10. The standard InChI is InChI=1S/C17H16N4OS2/c1-22-11-4-5-12-15(9-11)24-17(21-12)18-7-6-13-16(20-10-19-13)14-3-2-8-23-14/h2-5,8-10H,6-7H2,1H3,(H,18,21)(H,19,20). The molecule has 0 amide bonds. The summed E-state index contributed by atoms with van der Waals surface area (Å²) in [4.78, 5) is 13.5. The Hall–Kier alpha value is -2.38. The molecule has 4 rings (SSSR count). The van der Waals surface area contributed by atoms with E-state index in [-0.39, 0.29) is 0 Å². The highest BCUT2D eigenvalue weighted by Crippen LogP contribution is 2.29. The zero-order chi connectivity index (χ0) is 16.4. The Labute approximate surface area is 147 Å². The molecule has 4 aromatic rings. The second kappa shape index (κ2) is 6.62. The van der Waals surface area contributed by atoms with Gasteiger partial charge in [-0.15, -0.1) is 11.3 Å². The number of aromatic nitrogens is 3. The molecule has 0 aliphatic rings. The molecule has 0 spiro atoms. The number of hydrogen-bond donors (Lipinski definition) is 2. The van der Waals surface area contributed by atoms with Crippen molar-refractivity contribution in [2.75, 3.05) is 19.0 Å². The number of fused-ring (bicyclic) bond motifs is 1.